The molecule has 2 aromatic heterocycles. The van der Waals surface area contributed by atoms with Crippen LogP contribution >= 0.6 is 0 Å². The van der Waals surface area contributed by atoms with E-state index in [-0.39, 0.29) is 11.5 Å². The summed E-state index contributed by atoms with van der Waals surface area (Å²) in [5, 5.41) is 10.1. The van der Waals surface area contributed by atoms with Gasteiger partial charge in [0.05, 0.1) is 5.69 Å². The van der Waals surface area contributed by atoms with Gasteiger partial charge in [0, 0.05) is 31.2 Å². The van der Waals surface area contributed by atoms with Gasteiger partial charge in [-0.05, 0) is 17.7 Å². The van der Waals surface area contributed by atoms with Gasteiger partial charge in [-0.25, -0.2) is 9.97 Å². The van der Waals surface area contributed by atoms with Crippen LogP contribution in [0.4, 0.5) is 0 Å². The van der Waals surface area contributed by atoms with Crippen molar-refractivity contribution in [2.75, 3.05) is 14.1 Å². The number of hydrogen-bond donors (Lipinski definition) is 1. The summed E-state index contributed by atoms with van der Waals surface area (Å²) in [7, 11) is 3.24. The van der Waals surface area contributed by atoms with E-state index in [0.29, 0.717) is 0 Å². The van der Waals surface area contributed by atoms with Crippen molar-refractivity contribution in [3.05, 3.63) is 54.0 Å². The highest BCUT2D eigenvalue weighted by molar-refractivity contribution is 6.01. The highest BCUT2D eigenvalue weighted by atomic mass is 16.2. The zero-order valence-corrected chi connectivity index (χ0v) is 13.3. The van der Waals surface area contributed by atoms with Crippen molar-refractivity contribution in [2.24, 2.45) is 0 Å². The Bertz CT molecular complexity index is 961. The molecule has 0 atom stereocenters. The number of carbonyl (C=O) groups is 1. The molecule has 1 N–H and O–H groups in total. The predicted molar refractivity (Wildman–Crippen MR) is 91.6 cm³/mol. The van der Waals surface area contributed by atoms with Crippen molar-refractivity contribution in [3.8, 4) is 17.3 Å². The lowest BCUT2D eigenvalue weighted by Gasteiger charge is -2.08. The fourth-order valence-corrected chi connectivity index (χ4v) is 2.39. The molecule has 3 rings (SSSR count). The van der Waals surface area contributed by atoms with Crippen molar-refractivity contribution in [1.29, 1.82) is 5.26 Å². The van der Waals surface area contributed by atoms with Gasteiger partial charge in [0.2, 0.25) is 0 Å². The summed E-state index contributed by atoms with van der Waals surface area (Å²) >= 11 is 0. The van der Waals surface area contributed by atoms with Gasteiger partial charge in [-0.1, -0.05) is 24.3 Å². The standard InChI is InChI=1S/C18H15N5O/c1-23(2)18(24)14(10-19)9-12-3-5-13(6-4-12)16-15-7-8-20-17(15)22-11-21-16/h3-9,11H,1-2H3,(H,20,21,22)/b14-9+. The minimum atomic E-state index is -0.314. The number of nitrogens with one attached hydrogen (secondary N) is 1. The van der Waals surface area contributed by atoms with Gasteiger partial charge in [0.15, 0.2) is 0 Å². The summed E-state index contributed by atoms with van der Waals surface area (Å²) in [6.45, 7) is 0. The molecule has 0 fully saturated rings. The van der Waals surface area contributed by atoms with Crippen molar-refractivity contribution in [2.45, 2.75) is 0 Å². The summed E-state index contributed by atoms with van der Waals surface area (Å²) in [5.41, 5.74) is 3.44. The molecule has 0 aliphatic rings. The topological polar surface area (TPSA) is 85.7 Å². The number of nitrogens with zero attached hydrogens (tertiary/aromatic N) is 4. The van der Waals surface area contributed by atoms with Crippen LogP contribution < -0.4 is 0 Å². The fourth-order valence-electron chi connectivity index (χ4n) is 2.39. The van der Waals surface area contributed by atoms with Gasteiger partial charge in [-0.15, -0.1) is 0 Å². The summed E-state index contributed by atoms with van der Waals surface area (Å²) in [6, 6.07) is 11.4. The van der Waals surface area contributed by atoms with Crippen LogP contribution in [-0.2, 0) is 4.79 Å². The number of aromatic amines is 1. The molecule has 0 saturated heterocycles. The second kappa shape index (κ2) is 6.34. The van der Waals surface area contributed by atoms with E-state index in [0.717, 1.165) is 27.9 Å². The first kappa shape index (κ1) is 15.4. The molecule has 1 amide bonds. The molecule has 6 heteroatoms. The number of hydrogen-bond acceptors (Lipinski definition) is 4. The lowest BCUT2D eigenvalue weighted by Crippen LogP contribution is -2.22. The minimum absolute atomic E-state index is 0.0998. The molecule has 0 radical (unpaired) electrons. The van der Waals surface area contributed by atoms with E-state index in [1.165, 1.54) is 11.2 Å². The first-order valence-electron chi connectivity index (χ1n) is 7.32. The molecule has 0 aliphatic carbocycles. The number of H-pyrrole nitrogens is 1. The number of likely N-dealkylation sites (N-methyl/N-ethyl adjacent to an activating group) is 1. The minimum Gasteiger partial charge on any atom is -0.346 e. The molecule has 0 unspecified atom stereocenters. The van der Waals surface area contributed by atoms with Crippen molar-refractivity contribution < 1.29 is 4.79 Å². The average Bonchev–Trinajstić information content (AvgIpc) is 3.08. The van der Waals surface area contributed by atoms with E-state index in [2.05, 4.69) is 15.0 Å². The number of carbonyl (C=O) groups excluding carboxylic acids is 1. The number of benzene rings is 1. The largest absolute Gasteiger partial charge is 0.346 e. The maximum absolute atomic E-state index is 11.9. The van der Waals surface area contributed by atoms with E-state index < -0.39 is 0 Å². The first-order chi connectivity index (χ1) is 11.6. The maximum atomic E-state index is 11.9. The summed E-state index contributed by atoms with van der Waals surface area (Å²) in [5.74, 6) is -0.314. The van der Waals surface area contributed by atoms with Crippen LogP contribution in [0.15, 0.2) is 48.4 Å². The van der Waals surface area contributed by atoms with Crippen LogP contribution in [0, 0.1) is 11.3 Å². The zero-order valence-electron chi connectivity index (χ0n) is 13.3. The second-order valence-electron chi connectivity index (χ2n) is 5.45. The molecule has 24 heavy (non-hydrogen) atoms. The van der Waals surface area contributed by atoms with Crippen LogP contribution in [0.5, 0.6) is 0 Å². The molecule has 0 spiro atoms. The van der Waals surface area contributed by atoms with Gasteiger partial charge < -0.3 is 9.88 Å². The third-order valence-corrected chi connectivity index (χ3v) is 3.61. The number of nitriles is 1. The Labute approximate surface area is 139 Å². The van der Waals surface area contributed by atoms with Crippen molar-refractivity contribution in [1.82, 2.24) is 19.9 Å². The Kier molecular flexibility index (Phi) is 4.08. The molecule has 0 bridgehead atoms. The highest BCUT2D eigenvalue weighted by Gasteiger charge is 2.11. The van der Waals surface area contributed by atoms with E-state index in [1.54, 1.807) is 20.2 Å². The molecule has 1 aromatic carbocycles. The molecule has 2 heterocycles. The number of fused-ring (bicyclic) bond motifs is 1. The van der Waals surface area contributed by atoms with Gasteiger partial charge >= 0.3 is 0 Å². The van der Waals surface area contributed by atoms with Crippen LogP contribution in [0.2, 0.25) is 0 Å². The smallest absolute Gasteiger partial charge is 0.264 e. The molecular weight excluding hydrogens is 302 g/mol. The molecule has 0 aliphatic heterocycles. The third-order valence-electron chi connectivity index (χ3n) is 3.61. The Morgan fingerprint density at radius 1 is 1.21 bits per heavy atom. The monoisotopic (exact) mass is 317 g/mol. The van der Waals surface area contributed by atoms with E-state index in [1.807, 2.05) is 42.6 Å². The van der Waals surface area contributed by atoms with Crippen molar-refractivity contribution >= 4 is 23.0 Å². The number of rotatable bonds is 3. The Hall–Kier alpha value is -3.46. The lowest BCUT2D eigenvalue weighted by atomic mass is 10.0. The SMILES string of the molecule is CN(C)C(=O)/C(C#N)=C/c1ccc(-c2ncnc3[nH]ccc23)cc1. The summed E-state index contributed by atoms with van der Waals surface area (Å²) in [6.07, 6.45) is 4.93. The third kappa shape index (κ3) is 2.88. The average molecular weight is 317 g/mol. The molecular formula is C18H15N5O. The van der Waals surface area contributed by atoms with E-state index in [4.69, 9.17) is 5.26 Å². The summed E-state index contributed by atoms with van der Waals surface area (Å²) < 4.78 is 0. The summed E-state index contributed by atoms with van der Waals surface area (Å²) in [4.78, 5) is 24.9. The normalized spacial score (nSPS) is 11.3. The Balaban J connectivity index is 1.95. The van der Waals surface area contributed by atoms with Crippen LogP contribution in [-0.4, -0.2) is 39.9 Å². The Morgan fingerprint density at radius 2 is 1.96 bits per heavy atom. The molecule has 6 nitrogen and oxygen atoms in total. The van der Waals surface area contributed by atoms with Crippen molar-refractivity contribution in [3.63, 3.8) is 0 Å². The van der Waals surface area contributed by atoms with Gasteiger partial charge in [-0.2, -0.15) is 5.26 Å². The van der Waals surface area contributed by atoms with E-state index in [9.17, 15) is 4.79 Å². The van der Waals surface area contributed by atoms with Crippen LogP contribution in [0.3, 0.4) is 0 Å². The van der Waals surface area contributed by atoms with Crippen LogP contribution in [0.1, 0.15) is 5.56 Å². The van der Waals surface area contributed by atoms with Crippen LogP contribution in [0.25, 0.3) is 28.4 Å². The second-order valence-corrected chi connectivity index (χ2v) is 5.45. The predicted octanol–water partition coefficient (Wildman–Crippen LogP) is 2.62. The number of aromatic nitrogens is 3. The number of amides is 1. The van der Waals surface area contributed by atoms with E-state index >= 15 is 0 Å². The highest BCUT2D eigenvalue weighted by Crippen LogP contribution is 2.25. The maximum Gasteiger partial charge on any atom is 0.264 e. The fraction of sp³-hybridized carbons (Fsp3) is 0.111. The van der Waals surface area contributed by atoms with Gasteiger partial charge in [-0.3, -0.25) is 4.79 Å². The molecule has 118 valence electrons. The Morgan fingerprint density at radius 3 is 2.62 bits per heavy atom. The molecule has 0 saturated carbocycles. The first-order valence-corrected chi connectivity index (χ1v) is 7.32. The zero-order chi connectivity index (χ0) is 17.1. The van der Waals surface area contributed by atoms with Gasteiger partial charge in [0.25, 0.3) is 5.91 Å². The quantitative estimate of drug-likeness (QED) is 0.594. The lowest BCUT2D eigenvalue weighted by molar-refractivity contribution is -0.124. The molecule has 3 aromatic rings. The van der Waals surface area contributed by atoms with Gasteiger partial charge in [0.1, 0.15) is 23.6 Å².